The van der Waals surface area contributed by atoms with Crippen molar-refractivity contribution in [1.82, 2.24) is 9.78 Å². The Morgan fingerprint density at radius 1 is 1.14 bits per heavy atom. The molecule has 1 aromatic heterocycles. The molecule has 2 heterocycles. The molecule has 0 spiro atoms. The molecule has 1 aliphatic heterocycles. The number of anilines is 1. The standard InChI is InChI=1S/C20H17ClF3N3O2/c1-28-16-5-3-4-12(18(16)29-2)17-13-8-9-25-19(13)27(26-17)15-7-6-11(21)10-14(15)20(22,23)24/h3-7,10,25H,8-9H2,1-2H3. The number of hydrogen-bond acceptors (Lipinski definition) is 4. The Hall–Kier alpha value is -2.87. The third-order valence-electron chi connectivity index (χ3n) is 4.80. The van der Waals surface area contributed by atoms with Gasteiger partial charge in [-0.25, -0.2) is 4.68 Å². The summed E-state index contributed by atoms with van der Waals surface area (Å²) in [5.41, 5.74) is 1.06. The van der Waals surface area contributed by atoms with E-state index in [9.17, 15) is 13.2 Å². The molecule has 2 aromatic carbocycles. The van der Waals surface area contributed by atoms with E-state index in [2.05, 4.69) is 10.4 Å². The number of para-hydroxylation sites is 1. The summed E-state index contributed by atoms with van der Waals surface area (Å²) in [6.45, 7) is 0.599. The van der Waals surface area contributed by atoms with Gasteiger partial charge in [0.1, 0.15) is 11.5 Å². The number of alkyl halides is 3. The molecule has 5 nitrogen and oxygen atoms in total. The van der Waals surface area contributed by atoms with E-state index in [4.69, 9.17) is 21.1 Å². The molecule has 0 amide bonds. The molecule has 3 aromatic rings. The lowest BCUT2D eigenvalue weighted by atomic mass is 10.1. The number of nitrogens with one attached hydrogen (secondary N) is 1. The van der Waals surface area contributed by atoms with Gasteiger partial charge in [-0.15, -0.1) is 0 Å². The average molecular weight is 424 g/mol. The highest BCUT2D eigenvalue weighted by Crippen LogP contribution is 2.44. The quantitative estimate of drug-likeness (QED) is 0.627. The fraction of sp³-hybridized carbons (Fsp3) is 0.250. The number of methoxy groups -OCH3 is 2. The summed E-state index contributed by atoms with van der Waals surface area (Å²) in [7, 11) is 3.04. The van der Waals surface area contributed by atoms with E-state index in [-0.39, 0.29) is 10.7 Å². The molecule has 152 valence electrons. The van der Waals surface area contributed by atoms with Crippen molar-refractivity contribution in [2.24, 2.45) is 0 Å². The van der Waals surface area contributed by atoms with Crippen molar-refractivity contribution in [3.05, 3.63) is 52.5 Å². The number of ether oxygens (including phenoxy) is 2. The Morgan fingerprint density at radius 2 is 1.93 bits per heavy atom. The fourth-order valence-corrected chi connectivity index (χ4v) is 3.73. The van der Waals surface area contributed by atoms with Gasteiger partial charge in [0.15, 0.2) is 11.5 Å². The molecule has 9 heteroatoms. The van der Waals surface area contributed by atoms with Crippen LogP contribution in [-0.2, 0) is 12.6 Å². The van der Waals surface area contributed by atoms with Crippen molar-refractivity contribution in [2.75, 3.05) is 26.1 Å². The summed E-state index contributed by atoms with van der Waals surface area (Å²) in [5, 5.41) is 7.69. The van der Waals surface area contributed by atoms with E-state index in [0.29, 0.717) is 41.5 Å². The van der Waals surface area contributed by atoms with Gasteiger partial charge in [0.2, 0.25) is 0 Å². The van der Waals surface area contributed by atoms with Gasteiger partial charge in [-0.2, -0.15) is 18.3 Å². The number of fused-ring (bicyclic) bond motifs is 1. The number of benzene rings is 2. The van der Waals surface area contributed by atoms with Crippen LogP contribution in [0.4, 0.5) is 19.0 Å². The maximum Gasteiger partial charge on any atom is 0.418 e. The Balaban J connectivity index is 1.96. The van der Waals surface area contributed by atoms with Gasteiger partial charge in [0.25, 0.3) is 0 Å². The summed E-state index contributed by atoms with van der Waals surface area (Å²) in [6.07, 6.45) is -3.95. The highest BCUT2D eigenvalue weighted by molar-refractivity contribution is 6.30. The van der Waals surface area contributed by atoms with Crippen LogP contribution in [0.3, 0.4) is 0 Å². The minimum atomic E-state index is -4.58. The second-order valence-corrected chi connectivity index (χ2v) is 6.90. The molecule has 1 N–H and O–H groups in total. The SMILES string of the molecule is COc1cccc(-c2nn(-c3ccc(Cl)cc3C(F)(F)F)c3c2CCN3)c1OC. The van der Waals surface area contributed by atoms with Gasteiger partial charge in [-0.3, -0.25) is 0 Å². The second-order valence-electron chi connectivity index (χ2n) is 6.46. The summed E-state index contributed by atoms with van der Waals surface area (Å²) >= 11 is 5.83. The molecular weight excluding hydrogens is 407 g/mol. The number of hydrogen-bond donors (Lipinski definition) is 1. The van der Waals surface area contributed by atoms with E-state index in [0.717, 1.165) is 11.6 Å². The maximum absolute atomic E-state index is 13.7. The van der Waals surface area contributed by atoms with Crippen LogP contribution >= 0.6 is 11.6 Å². The van der Waals surface area contributed by atoms with Gasteiger partial charge >= 0.3 is 6.18 Å². The zero-order valence-electron chi connectivity index (χ0n) is 15.6. The van der Waals surface area contributed by atoms with Gasteiger partial charge in [0, 0.05) is 22.7 Å². The monoisotopic (exact) mass is 423 g/mol. The largest absolute Gasteiger partial charge is 0.493 e. The van der Waals surface area contributed by atoms with Crippen molar-refractivity contribution in [2.45, 2.75) is 12.6 Å². The minimum Gasteiger partial charge on any atom is -0.493 e. The maximum atomic E-state index is 13.7. The summed E-state index contributed by atoms with van der Waals surface area (Å²) in [6, 6.07) is 8.99. The van der Waals surface area contributed by atoms with Crippen LogP contribution in [-0.4, -0.2) is 30.5 Å². The van der Waals surface area contributed by atoms with Crippen LogP contribution in [0.15, 0.2) is 36.4 Å². The van der Waals surface area contributed by atoms with Crippen LogP contribution in [0.25, 0.3) is 16.9 Å². The Bertz CT molecular complexity index is 1080. The summed E-state index contributed by atoms with van der Waals surface area (Å²) < 4.78 is 53.1. The lowest BCUT2D eigenvalue weighted by molar-refractivity contribution is -0.137. The summed E-state index contributed by atoms with van der Waals surface area (Å²) in [4.78, 5) is 0. The lowest BCUT2D eigenvalue weighted by Crippen LogP contribution is -2.13. The van der Waals surface area contributed by atoms with E-state index in [1.807, 2.05) is 0 Å². The second kappa shape index (κ2) is 7.18. The Morgan fingerprint density at radius 3 is 2.62 bits per heavy atom. The zero-order chi connectivity index (χ0) is 20.8. The van der Waals surface area contributed by atoms with Gasteiger partial charge < -0.3 is 14.8 Å². The first-order chi connectivity index (χ1) is 13.8. The van der Waals surface area contributed by atoms with E-state index in [1.165, 1.54) is 31.0 Å². The van der Waals surface area contributed by atoms with Crippen molar-refractivity contribution in [3.8, 4) is 28.4 Å². The number of aromatic nitrogens is 2. The third kappa shape index (κ3) is 3.27. The van der Waals surface area contributed by atoms with E-state index in [1.54, 1.807) is 18.2 Å². The number of nitrogens with zero attached hydrogens (tertiary/aromatic N) is 2. The summed E-state index contributed by atoms with van der Waals surface area (Å²) in [5.74, 6) is 1.51. The molecule has 0 aliphatic carbocycles. The van der Waals surface area contributed by atoms with E-state index >= 15 is 0 Å². The van der Waals surface area contributed by atoms with Crippen LogP contribution in [0.2, 0.25) is 5.02 Å². The molecule has 0 fully saturated rings. The topological polar surface area (TPSA) is 48.3 Å². The zero-order valence-corrected chi connectivity index (χ0v) is 16.4. The first-order valence-electron chi connectivity index (χ1n) is 8.79. The molecule has 29 heavy (non-hydrogen) atoms. The van der Waals surface area contributed by atoms with Crippen molar-refractivity contribution in [1.29, 1.82) is 0 Å². The first-order valence-corrected chi connectivity index (χ1v) is 9.17. The number of halogens is 4. The van der Waals surface area contributed by atoms with Crippen LogP contribution < -0.4 is 14.8 Å². The van der Waals surface area contributed by atoms with Crippen LogP contribution in [0, 0.1) is 0 Å². The molecule has 0 saturated heterocycles. The predicted octanol–water partition coefficient (Wildman–Crippen LogP) is 5.20. The fourth-order valence-electron chi connectivity index (χ4n) is 3.56. The molecule has 1 aliphatic rings. The molecule has 4 rings (SSSR count). The molecule has 0 unspecified atom stereocenters. The average Bonchev–Trinajstić information content (AvgIpc) is 3.29. The third-order valence-corrected chi connectivity index (χ3v) is 5.04. The Labute approximate surface area is 170 Å². The first kappa shape index (κ1) is 19.4. The molecule has 0 saturated carbocycles. The molecular formula is C20H17ClF3N3O2. The van der Waals surface area contributed by atoms with Crippen molar-refractivity contribution in [3.63, 3.8) is 0 Å². The van der Waals surface area contributed by atoms with Gasteiger partial charge in [-0.1, -0.05) is 17.7 Å². The Kier molecular flexibility index (Phi) is 4.82. The predicted molar refractivity (Wildman–Crippen MR) is 104 cm³/mol. The van der Waals surface area contributed by atoms with Crippen LogP contribution in [0.5, 0.6) is 11.5 Å². The lowest BCUT2D eigenvalue weighted by Gasteiger charge is -2.15. The van der Waals surface area contributed by atoms with Crippen LogP contribution in [0.1, 0.15) is 11.1 Å². The molecule has 0 bridgehead atoms. The number of rotatable bonds is 4. The van der Waals surface area contributed by atoms with Crippen molar-refractivity contribution >= 4 is 17.4 Å². The van der Waals surface area contributed by atoms with Gasteiger partial charge in [0.05, 0.1) is 25.5 Å². The van der Waals surface area contributed by atoms with E-state index < -0.39 is 11.7 Å². The normalized spacial score (nSPS) is 13.2. The molecule has 0 radical (unpaired) electrons. The highest BCUT2D eigenvalue weighted by atomic mass is 35.5. The molecule has 0 atom stereocenters. The van der Waals surface area contributed by atoms with Gasteiger partial charge in [-0.05, 0) is 36.8 Å². The minimum absolute atomic E-state index is 0.00697. The smallest absolute Gasteiger partial charge is 0.418 e. The van der Waals surface area contributed by atoms with Crippen molar-refractivity contribution < 1.29 is 22.6 Å². The highest BCUT2D eigenvalue weighted by Gasteiger charge is 2.36.